The zero-order valence-corrected chi connectivity index (χ0v) is 16.8. The van der Waals surface area contributed by atoms with E-state index in [0.29, 0.717) is 6.54 Å². The zero-order valence-electron chi connectivity index (χ0n) is 16.8. The fourth-order valence-corrected chi connectivity index (χ4v) is 3.49. The molecule has 1 aromatic rings. The summed E-state index contributed by atoms with van der Waals surface area (Å²) in [6.45, 7) is 6.13. The highest BCUT2D eigenvalue weighted by molar-refractivity contribution is 5.95. The number of nitrogens with zero attached hydrogens (tertiary/aromatic N) is 2. The smallest absolute Gasteiger partial charge is 0.407 e. The maximum Gasteiger partial charge on any atom is 0.407 e. The van der Waals surface area contributed by atoms with E-state index >= 15 is 0 Å². The van der Waals surface area contributed by atoms with Gasteiger partial charge in [-0.1, -0.05) is 0 Å². The van der Waals surface area contributed by atoms with Gasteiger partial charge in [0, 0.05) is 18.1 Å². The number of hydrogen-bond acceptors (Lipinski definition) is 5. The summed E-state index contributed by atoms with van der Waals surface area (Å²) in [5, 5.41) is 12.5. The van der Waals surface area contributed by atoms with Crippen LogP contribution in [0.4, 0.5) is 15.0 Å². The number of pyridine rings is 1. The third-order valence-electron chi connectivity index (χ3n) is 5.07. The van der Waals surface area contributed by atoms with Gasteiger partial charge in [-0.3, -0.25) is 4.79 Å². The Morgan fingerprint density at radius 1 is 1.36 bits per heavy atom. The molecule has 0 saturated heterocycles. The van der Waals surface area contributed by atoms with Crippen LogP contribution in [0.2, 0.25) is 0 Å². The number of methoxy groups -OCH3 is 1. The van der Waals surface area contributed by atoms with E-state index in [1.54, 1.807) is 0 Å². The van der Waals surface area contributed by atoms with Crippen LogP contribution in [-0.2, 0) is 0 Å². The van der Waals surface area contributed by atoms with Gasteiger partial charge in [0.2, 0.25) is 5.88 Å². The molecule has 28 heavy (non-hydrogen) atoms. The number of halogens is 1. The molecular formula is C19H29FN4O4. The van der Waals surface area contributed by atoms with E-state index in [9.17, 15) is 19.1 Å². The van der Waals surface area contributed by atoms with Crippen molar-refractivity contribution in [3.05, 3.63) is 17.4 Å². The molecular weight excluding hydrogens is 367 g/mol. The van der Waals surface area contributed by atoms with E-state index in [1.165, 1.54) is 12.0 Å². The molecule has 2 rings (SSSR count). The Hall–Kier alpha value is -2.58. The van der Waals surface area contributed by atoms with Crippen molar-refractivity contribution < 1.29 is 23.8 Å². The van der Waals surface area contributed by atoms with Gasteiger partial charge < -0.3 is 25.8 Å². The van der Waals surface area contributed by atoms with Crippen LogP contribution in [0, 0.1) is 11.7 Å². The minimum absolute atomic E-state index is 0.00954. The van der Waals surface area contributed by atoms with Crippen LogP contribution in [0.25, 0.3) is 0 Å². The molecule has 8 nitrogen and oxygen atoms in total. The molecule has 156 valence electrons. The molecule has 1 fully saturated rings. The van der Waals surface area contributed by atoms with Crippen molar-refractivity contribution in [3.63, 3.8) is 0 Å². The number of nitrogens with one attached hydrogen (secondary N) is 1. The van der Waals surface area contributed by atoms with Crippen LogP contribution < -0.4 is 15.8 Å². The molecule has 1 aromatic heterocycles. The molecule has 0 aromatic carbocycles. The molecule has 1 heterocycles. The molecule has 0 aliphatic heterocycles. The highest BCUT2D eigenvalue weighted by Crippen LogP contribution is 2.30. The Labute approximate surface area is 164 Å². The van der Waals surface area contributed by atoms with Crippen molar-refractivity contribution in [3.8, 4) is 5.88 Å². The van der Waals surface area contributed by atoms with Gasteiger partial charge in [0.25, 0.3) is 5.91 Å². The molecule has 1 aliphatic rings. The lowest BCUT2D eigenvalue weighted by atomic mass is 9.85. The fourth-order valence-electron chi connectivity index (χ4n) is 3.49. The number of anilines is 1. The quantitative estimate of drug-likeness (QED) is 0.680. The zero-order chi connectivity index (χ0) is 21.1. The van der Waals surface area contributed by atoms with E-state index < -0.39 is 23.4 Å². The summed E-state index contributed by atoms with van der Waals surface area (Å²) in [5.74, 6) is -1.21. The normalized spacial score (nSPS) is 19.8. The first kappa shape index (κ1) is 21.7. The average molecular weight is 396 g/mol. The molecule has 9 heteroatoms. The highest BCUT2D eigenvalue weighted by Gasteiger charge is 2.31. The number of rotatable bonds is 6. The SMILES string of the molecule is COc1nc(N[C@H]2CC[C@H](CN(C(=O)O)C(C)(C)C)CC2)c(F)cc1C(N)=O. The number of nitrogens with two attached hydrogens (primary N) is 1. The maximum absolute atomic E-state index is 14.3. The monoisotopic (exact) mass is 396 g/mol. The third-order valence-corrected chi connectivity index (χ3v) is 5.07. The van der Waals surface area contributed by atoms with Crippen molar-refractivity contribution >= 4 is 17.8 Å². The number of carbonyl (C=O) groups is 2. The predicted octanol–water partition coefficient (Wildman–Crippen LogP) is 3.08. The van der Waals surface area contributed by atoms with Crippen molar-refractivity contribution in [2.75, 3.05) is 19.0 Å². The summed E-state index contributed by atoms with van der Waals surface area (Å²) in [6, 6.07) is 1.03. The second-order valence-corrected chi connectivity index (χ2v) is 8.17. The Morgan fingerprint density at radius 3 is 2.43 bits per heavy atom. The Morgan fingerprint density at radius 2 is 1.96 bits per heavy atom. The second kappa shape index (κ2) is 8.62. The van der Waals surface area contributed by atoms with Gasteiger partial charge in [-0.2, -0.15) is 4.98 Å². The van der Waals surface area contributed by atoms with E-state index in [-0.39, 0.29) is 29.2 Å². The number of ether oxygens (including phenoxy) is 1. The lowest BCUT2D eigenvalue weighted by Gasteiger charge is -2.38. The predicted molar refractivity (Wildman–Crippen MR) is 103 cm³/mol. The first-order valence-electron chi connectivity index (χ1n) is 9.34. The maximum atomic E-state index is 14.3. The van der Waals surface area contributed by atoms with Gasteiger partial charge in [0.05, 0.1) is 7.11 Å². The molecule has 4 N–H and O–H groups in total. The number of carboxylic acid groups (broad SMARTS) is 1. The summed E-state index contributed by atoms with van der Waals surface area (Å²) in [7, 11) is 1.34. The van der Waals surface area contributed by atoms with Gasteiger partial charge in [-0.15, -0.1) is 0 Å². The second-order valence-electron chi connectivity index (χ2n) is 8.17. The summed E-state index contributed by atoms with van der Waals surface area (Å²) >= 11 is 0. The van der Waals surface area contributed by atoms with Crippen molar-refractivity contribution in [2.45, 2.75) is 58.0 Å². The topological polar surface area (TPSA) is 118 Å². The number of amides is 2. The lowest BCUT2D eigenvalue weighted by molar-refractivity contribution is 0.0825. The fraction of sp³-hybridized carbons (Fsp3) is 0.632. The van der Waals surface area contributed by atoms with E-state index in [1.807, 2.05) is 20.8 Å². The summed E-state index contributed by atoms with van der Waals surface area (Å²) in [5.41, 5.74) is 4.65. The van der Waals surface area contributed by atoms with Crippen LogP contribution >= 0.6 is 0 Å². The molecule has 0 unspecified atom stereocenters. The van der Waals surface area contributed by atoms with E-state index in [0.717, 1.165) is 31.7 Å². The number of carbonyl (C=O) groups excluding carboxylic acids is 1. The lowest BCUT2D eigenvalue weighted by Crippen LogP contribution is -2.48. The number of aromatic nitrogens is 1. The van der Waals surface area contributed by atoms with Crippen molar-refractivity contribution in [1.82, 2.24) is 9.88 Å². The number of hydrogen-bond donors (Lipinski definition) is 3. The Kier molecular flexibility index (Phi) is 6.69. The van der Waals surface area contributed by atoms with Crippen molar-refractivity contribution in [2.24, 2.45) is 11.7 Å². The minimum atomic E-state index is -0.916. The van der Waals surface area contributed by atoms with Crippen LogP contribution in [0.3, 0.4) is 0 Å². The molecule has 0 spiro atoms. The standard InChI is InChI=1S/C19H29FN4O4/c1-19(2,3)24(18(26)27)10-11-5-7-12(8-6-11)22-16-14(20)9-13(15(21)25)17(23-16)28-4/h9,11-12H,5-8,10H2,1-4H3,(H2,21,25)(H,22,23)(H,26,27)/t11-,12-. The number of primary amides is 1. The Bertz CT molecular complexity index is 727. The third kappa shape index (κ3) is 5.24. The molecule has 0 radical (unpaired) electrons. The molecule has 1 aliphatic carbocycles. The van der Waals surface area contributed by atoms with Gasteiger partial charge >= 0.3 is 6.09 Å². The molecule has 1 saturated carbocycles. The van der Waals surface area contributed by atoms with E-state index in [2.05, 4.69) is 10.3 Å². The first-order valence-corrected chi connectivity index (χ1v) is 9.34. The largest absolute Gasteiger partial charge is 0.480 e. The van der Waals surface area contributed by atoms with Gasteiger partial charge in [-0.05, 0) is 58.4 Å². The van der Waals surface area contributed by atoms with Crippen LogP contribution in [0.5, 0.6) is 5.88 Å². The van der Waals surface area contributed by atoms with Crippen molar-refractivity contribution in [1.29, 1.82) is 0 Å². The van der Waals surface area contributed by atoms with Crippen LogP contribution in [0.15, 0.2) is 6.07 Å². The van der Waals surface area contributed by atoms with Gasteiger partial charge in [0.1, 0.15) is 5.56 Å². The minimum Gasteiger partial charge on any atom is -0.480 e. The molecule has 0 bridgehead atoms. The summed E-state index contributed by atoms with van der Waals surface area (Å²) < 4.78 is 19.3. The molecule has 0 atom stereocenters. The molecule has 2 amide bonds. The summed E-state index contributed by atoms with van der Waals surface area (Å²) in [4.78, 5) is 28.4. The first-order chi connectivity index (χ1) is 13.0. The van der Waals surface area contributed by atoms with Crippen LogP contribution in [0.1, 0.15) is 56.8 Å². The Balaban J connectivity index is 1.99. The van der Waals surface area contributed by atoms with Crippen LogP contribution in [-0.4, -0.2) is 52.2 Å². The summed E-state index contributed by atoms with van der Waals surface area (Å²) in [6.07, 6.45) is 2.28. The van der Waals surface area contributed by atoms with E-state index in [4.69, 9.17) is 10.5 Å². The highest BCUT2D eigenvalue weighted by atomic mass is 19.1. The van der Waals surface area contributed by atoms with Gasteiger partial charge in [0.15, 0.2) is 11.6 Å². The average Bonchev–Trinajstić information content (AvgIpc) is 2.60. The van der Waals surface area contributed by atoms with Gasteiger partial charge in [-0.25, -0.2) is 9.18 Å².